The zero-order valence-corrected chi connectivity index (χ0v) is 20.2. The van der Waals surface area contributed by atoms with Crippen LogP contribution in [-0.4, -0.2) is 19.5 Å². The van der Waals surface area contributed by atoms with E-state index in [0.29, 0.717) is 33.2 Å². The first-order valence-corrected chi connectivity index (χ1v) is 11.3. The average molecular weight is 512 g/mol. The predicted molar refractivity (Wildman–Crippen MR) is 135 cm³/mol. The third kappa shape index (κ3) is 4.10. The molecule has 0 radical (unpaired) electrons. The van der Waals surface area contributed by atoms with E-state index in [9.17, 15) is 23.7 Å². The van der Waals surface area contributed by atoms with Gasteiger partial charge in [0.25, 0.3) is 0 Å². The van der Waals surface area contributed by atoms with Crippen LogP contribution in [0.15, 0.2) is 65.9 Å². The van der Waals surface area contributed by atoms with Crippen LogP contribution < -0.4 is 11.4 Å². The lowest BCUT2D eigenvalue weighted by Crippen LogP contribution is -2.18. The first kappa shape index (κ1) is 24.5. The number of halogens is 3. The van der Waals surface area contributed by atoms with Crippen LogP contribution >= 0.6 is 0 Å². The van der Waals surface area contributed by atoms with Crippen molar-refractivity contribution in [3.05, 3.63) is 77.7 Å². The van der Waals surface area contributed by atoms with Crippen molar-refractivity contribution in [2.45, 2.75) is 25.4 Å². The van der Waals surface area contributed by atoms with Crippen LogP contribution in [0.25, 0.3) is 38.8 Å². The second kappa shape index (κ2) is 8.75. The molecule has 5 aromatic rings. The lowest BCUT2D eigenvalue weighted by molar-refractivity contribution is -0.137. The van der Waals surface area contributed by atoms with E-state index in [1.165, 1.54) is 6.20 Å². The van der Waals surface area contributed by atoms with Crippen molar-refractivity contribution in [2.75, 3.05) is 5.73 Å². The highest BCUT2D eigenvalue weighted by Gasteiger charge is 2.34. The van der Waals surface area contributed by atoms with E-state index in [1.54, 1.807) is 35.2 Å². The monoisotopic (exact) mass is 512 g/mol. The average Bonchev–Trinajstić information content (AvgIpc) is 3.27. The summed E-state index contributed by atoms with van der Waals surface area (Å²) in [4.78, 5) is 15.2. The fraction of sp³-hybridized carbons (Fsp3) is 0.148. The molecule has 0 aliphatic rings. The Labute approximate surface area is 214 Å². The van der Waals surface area contributed by atoms with Crippen LogP contribution in [0, 0.1) is 22.8 Å². The standard InChI is InChI=1S/C27H19F3N8/c1-26(2,13-31)17-4-6-18(7-5-17)38-23-19-9-15(16-10-20(27(28,29)30)24(33)35-11-16)3-8-21(19)34-12-22(23)37-25(38)36-14-32/h3-12H,1-2H3,(H2,33,35)(H,36,37). The fourth-order valence-electron chi connectivity index (χ4n) is 4.30. The highest BCUT2D eigenvalue weighted by molar-refractivity contribution is 6.04. The van der Waals surface area contributed by atoms with Crippen molar-refractivity contribution in [3.63, 3.8) is 0 Å². The lowest BCUT2D eigenvalue weighted by Gasteiger charge is -2.16. The van der Waals surface area contributed by atoms with Crippen molar-refractivity contribution >= 4 is 27.8 Å². The number of nitrogens with two attached hydrogens (primary N) is 1. The molecule has 0 bridgehead atoms. The number of aromatic amines is 1. The first-order valence-electron chi connectivity index (χ1n) is 11.3. The Bertz CT molecular complexity index is 1860. The van der Waals surface area contributed by atoms with Gasteiger partial charge in [-0.25, -0.2) is 4.98 Å². The number of alkyl halides is 3. The molecule has 0 saturated heterocycles. The van der Waals surface area contributed by atoms with E-state index in [1.807, 2.05) is 38.1 Å². The smallest absolute Gasteiger partial charge is 0.383 e. The normalized spacial score (nSPS) is 12.6. The molecule has 0 aliphatic heterocycles. The molecule has 38 heavy (non-hydrogen) atoms. The summed E-state index contributed by atoms with van der Waals surface area (Å²) >= 11 is 0. The number of imidazole rings is 1. The largest absolute Gasteiger partial charge is 0.419 e. The minimum atomic E-state index is -4.65. The van der Waals surface area contributed by atoms with Crippen molar-refractivity contribution in [1.82, 2.24) is 19.5 Å². The van der Waals surface area contributed by atoms with Crippen LogP contribution in [0.3, 0.4) is 0 Å². The van der Waals surface area contributed by atoms with Gasteiger partial charge in [0.2, 0.25) is 11.8 Å². The molecule has 8 nitrogen and oxygen atoms in total. The zero-order chi connectivity index (χ0) is 27.2. The van der Waals surface area contributed by atoms with Gasteiger partial charge >= 0.3 is 6.18 Å². The van der Waals surface area contributed by atoms with E-state index in [4.69, 9.17) is 5.73 Å². The number of fused-ring (bicyclic) bond motifs is 3. The maximum absolute atomic E-state index is 13.5. The van der Waals surface area contributed by atoms with Gasteiger partial charge in [-0.15, -0.1) is 4.99 Å². The molecule has 0 atom stereocenters. The van der Waals surface area contributed by atoms with Gasteiger partial charge in [0, 0.05) is 22.8 Å². The molecular formula is C27H19F3N8. The number of aromatic nitrogens is 4. The molecule has 0 spiro atoms. The summed E-state index contributed by atoms with van der Waals surface area (Å²) in [5.41, 5.74) is 7.96. The number of nitrogens with one attached hydrogen (secondary N) is 1. The molecule has 0 aliphatic carbocycles. The van der Waals surface area contributed by atoms with Crippen molar-refractivity contribution in [1.29, 1.82) is 10.5 Å². The zero-order valence-electron chi connectivity index (χ0n) is 20.2. The molecule has 0 saturated carbocycles. The molecule has 3 aromatic heterocycles. The van der Waals surface area contributed by atoms with Crippen molar-refractivity contribution < 1.29 is 13.2 Å². The van der Waals surface area contributed by atoms with Gasteiger partial charge in [-0.05, 0) is 55.3 Å². The van der Waals surface area contributed by atoms with Crippen molar-refractivity contribution in [2.24, 2.45) is 4.99 Å². The molecule has 11 heteroatoms. The summed E-state index contributed by atoms with van der Waals surface area (Å²) in [5, 5.41) is 19.4. The molecule has 5 rings (SSSR count). The first-order chi connectivity index (χ1) is 18.0. The van der Waals surface area contributed by atoms with Crippen LogP contribution in [0.2, 0.25) is 0 Å². The van der Waals surface area contributed by atoms with Crippen LogP contribution in [0.4, 0.5) is 19.0 Å². The Balaban J connectivity index is 1.78. The number of pyridine rings is 2. The predicted octanol–water partition coefficient (Wildman–Crippen LogP) is 5.35. The number of rotatable bonds is 3. The molecule has 188 valence electrons. The minimum absolute atomic E-state index is 0.234. The van der Waals surface area contributed by atoms with Gasteiger partial charge in [-0.3, -0.25) is 9.55 Å². The Morgan fingerprint density at radius 3 is 2.37 bits per heavy atom. The number of benzene rings is 2. The Hall–Kier alpha value is -5.16. The molecule has 0 amide bonds. The summed E-state index contributed by atoms with van der Waals surface area (Å²) in [5.74, 6) is -0.597. The van der Waals surface area contributed by atoms with Crippen LogP contribution in [-0.2, 0) is 11.6 Å². The maximum Gasteiger partial charge on any atom is 0.419 e. The molecule has 3 N–H and O–H groups in total. The minimum Gasteiger partial charge on any atom is -0.383 e. The quantitative estimate of drug-likeness (QED) is 0.314. The van der Waals surface area contributed by atoms with E-state index in [2.05, 4.69) is 26.0 Å². The second-order valence-electron chi connectivity index (χ2n) is 9.19. The van der Waals surface area contributed by atoms with E-state index in [0.717, 1.165) is 11.6 Å². The van der Waals surface area contributed by atoms with Crippen LogP contribution in [0.5, 0.6) is 0 Å². The highest BCUT2D eigenvalue weighted by atomic mass is 19.4. The fourth-order valence-corrected chi connectivity index (χ4v) is 4.30. The van der Waals surface area contributed by atoms with Gasteiger partial charge in [0.1, 0.15) is 5.82 Å². The molecule has 0 unspecified atom stereocenters. The second-order valence-corrected chi connectivity index (χ2v) is 9.19. The number of hydrogen-bond donors (Lipinski definition) is 2. The molecule has 3 heterocycles. The number of nitrogens with zero attached hydrogens (tertiary/aromatic N) is 6. The molecular weight excluding hydrogens is 493 g/mol. The molecule has 0 fully saturated rings. The Morgan fingerprint density at radius 2 is 1.71 bits per heavy atom. The van der Waals surface area contributed by atoms with E-state index >= 15 is 0 Å². The van der Waals surface area contributed by atoms with Gasteiger partial charge < -0.3 is 10.7 Å². The van der Waals surface area contributed by atoms with Gasteiger partial charge in [0.15, 0.2) is 0 Å². The van der Waals surface area contributed by atoms with Gasteiger partial charge in [-0.2, -0.15) is 23.7 Å². The SMILES string of the molecule is CC(C)(C#N)c1ccc(-n2c(=NC#N)[nH]c3cnc4ccc(-c5cnc(N)c(C(F)(F)F)c5)cc4c32)cc1. The number of nitrogen functional groups attached to an aromatic ring is 1. The Kier molecular flexibility index (Phi) is 5.65. The summed E-state index contributed by atoms with van der Waals surface area (Å²) in [6.07, 6.45) is 0.0326. The van der Waals surface area contributed by atoms with E-state index < -0.39 is 23.0 Å². The van der Waals surface area contributed by atoms with Crippen LogP contribution in [0.1, 0.15) is 25.0 Å². The highest BCUT2D eigenvalue weighted by Crippen LogP contribution is 2.36. The summed E-state index contributed by atoms with van der Waals surface area (Å²) in [6.45, 7) is 3.63. The Morgan fingerprint density at radius 1 is 0.974 bits per heavy atom. The third-order valence-corrected chi connectivity index (χ3v) is 6.36. The topological polar surface area (TPSA) is 132 Å². The van der Waals surface area contributed by atoms with Crippen molar-refractivity contribution in [3.8, 4) is 29.1 Å². The lowest BCUT2D eigenvalue weighted by atomic mass is 9.86. The maximum atomic E-state index is 13.5. The van der Waals surface area contributed by atoms with E-state index in [-0.39, 0.29) is 11.2 Å². The van der Waals surface area contributed by atoms with Gasteiger partial charge in [0.05, 0.1) is 39.8 Å². The third-order valence-electron chi connectivity index (χ3n) is 6.36. The summed E-state index contributed by atoms with van der Waals surface area (Å²) < 4.78 is 42.1. The van der Waals surface area contributed by atoms with Gasteiger partial charge in [-0.1, -0.05) is 18.2 Å². The number of hydrogen-bond acceptors (Lipinski definition) is 6. The number of nitriles is 2. The molecule has 2 aromatic carbocycles. The number of anilines is 1. The number of H-pyrrole nitrogens is 1. The summed E-state index contributed by atoms with van der Waals surface area (Å²) in [6, 6.07) is 15.6. The summed E-state index contributed by atoms with van der Waals surface area (Å²) in [7, 11) is 0.